The molecule has 1 amide bonds. The number of halogens is 1. The molecule has 0 spiro atoms. The zero-order valence-corrected chi connectivity index (χ0v) is 21.2. The Hall–Kier alpha value is -4.70. The van der Waals surface area contributed by atoms with Crippen molar-refractivity contribution in [2.75, 3.05) is 10.6 Å². The molecule has 10 nitrogen and oxygen atoms in total. The number of carbonyl (C=O) groups is 2. The monoisotopic (exact) mass is 530 g/mol. The number of aromatic nitrogens is 2. The van der Waals surface area contributed by atoms with Crippen molar-refractivity contribution >= 4 is 52.4 Å². The van der Waals surface area contributed by atoms with Crippen molar-refractivity contribution in [2.24, 2.45) is 4.99 Å². The van der Waals surface area contributed by atoms with Gasteiger partial charge in [0, 0.05) is 22.5 Å². The molecule has 192 valence electrons. The second-order valence-electron chi connectivity index (χ2n) is 8.52. The van der Waals surface area contributed by atoms with Crippen molar-refractivity contribution in [2.45, 2.75) is 26.3 Å². The van der Waals surface area contributed by atoms with Gasteiger partial charge >= 0.3 is 12.0 Å². The molecule has 0 aliphatic carbocycles. The molecule has 11 heteroatoms. The van der Waals surface area contributed by atoms with Gasteiger partial charge in [0.15, 0.2) is 5.58 Å². The van der Waals surface area contributed by atoms with E-state index in [2.05, 4.69) is 25.9 Å². The molecule has 4 aromatic rings. The smallest absolute Gasteiger partial charge is 0.335 e. The summed E-state index contributed by atoms with van der Waals surface area (Å²) in [6, 6.07) is 15.0. The van der Waals surface area contributed by atoms with Crippen LogP contribution in [-0.2, 0) is 11.2 Å². The SMILES string of the molecule is CCc1cccc2nc(NC3=NC(c4ccccc4Cl)C(C(=O)Nc4cc(C(=O)O)ccn4)=C(C)N3)oc12. The van der Waals surface area contributed by atoms with Crippen LogP contribution in [0.1, 0.15) is 41.4 Å². The molecule has 1 atom stereocenters. The van der Waals surface area contributed by atoms with Crippen LogP contribution in [0.3, 0.4) is 0 Å². The summed E-state index contributed by atoms with van der Waals surface area (Å²) in [6.07, 6.45) is 2.11. The van der Waals surface area contributed by atoms with Crippen molar-refractivity contribution in [3.8, 4) is 0 Å². The molecule has 2 aromatic carbocycles. The normalized spacial score (nSPS) is 15.1. The molecule has 2 aromatic heterocycles. The Morgan fingerprint density at radius 3 is 2.74 bits per heavy atom. The van der Waals surface area contributed by atoms with Gasteiger partial charge in [0.1, 0.15) is 17.4 Å². The van der Waals surface area contributed by atoms with E-state index < -0.39 is 17.9 Å². The van der Waals surface area contributed by atoms with Gasteiger partial charge in [-0.2, -0.15) is 4.98 Å². The van der Waals surface area contributed by atoms with Crippen LogP contribution in [0.4, 0.5) is 11.8 Å². The fraction of sp³-hybridized carbons (Fsp3) is 0.148. The molecule has 1 unspecified atom stereocenters. The Balaban J connectivity index is 1.49. The van der Waals surface area contributed by atoms with E-state index in [9.17, 15) is 14.7 Å². The zero-order valence-electron chi connectivity index (χ0n) is 20.4. The van der Waals surface area contributed by atoms with Crippen molar-refractivity contribution in [1.29, 1.82) is 0 Å². The van der Waals surface area contributed by atoms with Crippen molar-refractivity contribution in [1.82, 2.24) is 15.3 Å². The molecule has 38 heavy (non-hydrogen) atoms. The van der Waals surface area contributed by atoms with E-state index >= 15 is 0 Å². The number of anilines is 2. The summed E-state index contributed by atoms with van der Waals surface area (Å²) in [5, 5.41) is 18.6. The highest BCUT2D eigenvalue weighted by Gasteiger charge is 2.31. The van der Waals surface area contributed by atoms with Crippen LogP contribution >= 0.6 is 11.6 Å². The maximum atomic E-state index is 13.4. The molecule has 0 bridgehead atoms. The topological polar surface area (TPSA) is 142 Å². The Bertz CT molecular complexity index is 1630. The van der Waals surface area contributed by atoms with Gasteiger partial charge < -0.3 is 20.2 Å². The molecule has 5 rings (SSSR count). The van der Waals surface area contributed by atoms with Crippen LogP contribution in [0.2, 0.25) is 5.02 Å². The van der Waals surface area contributed by atoms with Gasteiger partial charge in [-0.3, -0.25) is 10.1 Å². The number of nitrogens with zero attached hydrogens (tertiary/aromatic N) is 3. The van der Waals surface area contributed by atoms with Crippen molar-refractivity contribution < 1.29 is 19.1 Å². The standard InChI is InChI=1S/C27H23ClN6O4/c1-3-15-7-6-10-19-23(15)38-27(31-19)34-26-30-14(2)21(22(33-26)17-8-4-5-9-18(17)28)24(35)32-20-13-16(25(36)37)11-12-29-20/h4-13,22H,3H2,1-2H3,(H,36,37)(H,29,32,35)(H2,30,31,33,34). The number of hydrogen-bond donors (Lipinski definition) is 4. The second-order valence-corrected chi connectivity index (χ2v) is 8.92. The van der Waals surface area contributed by atoms with Crippen LogP contribution < -0.4 is 16.0 Å². The minimum absolute atomic E-state index is 0.000466. The number of aryl methyl sites for hydroxylation is 1. The third kappa shape index (κ3) is 4.94. The number of benzene rings is 2. The number of carboxylic acids is 1. The highest BCUT2D eigenvalue weighted by atomic mass is 35.5. The highest BCUT2D eigenvalue weighted by Crippen LogP contribution is 2.35. The molecule has 3 heterocycles. The van der Waals surface area contributed by atoms with E-state index in [1.54, 1.807) is 25.1 Å². The lowest BCUT2D eigenvalue weighted by Crippen LogP contribution is -2.37. The van der Waals surface area contributed by atoms with Crippen LogP contribution in [0.15, 0.2) is 81.5 Å². The summed E-state index contributed by atoms with van der Waals surface area (Å²) in [6.45, 7) is 3.77. The van der Waals surface area contributed by atoms with Crippen LogP contribution in [-0.4, -0.2) is 32.9 Å². The van der Waals surface area contributed by atoms with Crippen LogP contribution in [0, 0.1) is 0 Å². The lowest BCUT2D eigenvalue weighted by molar-refractivity contribution is -0.113. The van der Waals surface area contributed by atoms with Crippen LogP contribution in [0.5, 0.6) is 0 Å². The maximum Gasteiger partial charge on any atom is 0.335 e. The minimum atomic E-state index is -1.13. The fourth-order valence-corrected chi connectivity index (χ4v) is 4.45. The number of oxazole rings is 1. The average Bonchev–Trinajstić information content (AvgIpc) is 3.31. The van der Waals surface area contributed by atoms with E-state index in [1.165, 1.54) is 18.3 Å². The molecular weight excluding hydrogens is 508 g/mol. The lowest BCUT2D eigenvalue weighted by atomic mass is 9.95. The number of allylic oxidation sites excluding steroid dienone is 1. The maximum absolute atomic E-state index is 13.4. The average molecular weight is 531 g/mol. The van der Waals surface area contributed by atoms with Crippen molar-refractivity contribution in [3.05, 3.63) is 93.8 Å². The zero-order chi connectivity index (χ0) is 26.8. The summed E-state index contributed by atoms with van der Waals surface area (Å²) in [7, 11) is 0. The van der Waals surface area contributed by atoms with Crippen molar-refractivity contribution in [3.63, 3.8) is 0 Å². The number of fused-ring (bicyclic) bond motifs is 1. The number of nitrogens with one attached hydrogen (secondary N) is 3. The molecule has 4 N–H and O–H groups in total. The number of aliphatic imine (C=N–C) groups is 1. The number of carbonyl (C=O) groups excluding carboxylic acids is 1. The summed E-state index contributed by atoms with van der Waals surface area (Å²) < 4.78 is 5.96. The van der Waals surface area contributed by atoms with E-state index in [0.717, 1.165) is 12.0 Å². The van der Waals surface area contributed by atoms with Gasteiger partial charge in [-0.1, -0.05) is 48.9 Å². The summed E-state index contributed by atoms with van der Waals surface area (Å²) in [5.74, 6) is -1.22. The number of pyridine rings is 1. The summed E-state index contributed by atoms with van der Waals surface area (Å²) in [5.41, 5.74) is 3.85. The lowest BCUT2D eigenvalue weighted by Gasteiger charge is -2.26. The number of hydrogen-bond acceptors (Lipinski definition) is 8. The molecule has 1 aliphatic rings. The van der Waals surface area contributed by atoms with E-state index in [1.807, 2.05) is 31.2 Å². The predicted molar refractivity (Wildman–Crippen MR) is 144 cm³/mol. The first-order valence-electron chi connectivity index (χ1n) is 11.8. The number of amides is 1. The van der Waals surface area contributed by atoms with Gasteiger partial charge in [-0.25, -0.2) is 14.8 Å². The van der Waals surface area contributed by atoms with Gasteiger partial charge in [0.25, 0.3) is 5.91 Å². The van der Waals surface area contributed by atoms with Gasteiger partial charge in [0.2, 0.25) is 5.96 Å². The quantitative estimate of drug-likeness (QED) is 0.268. The predicted octanol–water partition coefficient (Wildman–Crippen LogP) is 5.16. The molecule has 0 fully saturated rings. The molecule has 0 saturated carbocycles. The van der Waals surface area contributed by atoms with Crippen LogP contribution in [0.25, 0.3) is 11.1 Å². The number of carboxylic acid groups (broad SMARTS) is 1. The molecule has 0 saturated heterocycles. The largest absolute Gasteiger partial charge is 0.478 e. The van der Waals surface area contributed by atoms with E-state index in [0.29, 0.717) is 33.3 Å². The van der Waals surface area contributed by atoms with Gasteiger partial charge in [-0.15, -0.1) is 0 Å². The second kappa shape index (κ2) is 10.3. The summed E-state index contributed by atoms with van der Waals surface area (Å²) in [4.78, 5) is 38.1. The Morgan fingerprint density at radius 2 is 1.97 bits per heavy atom. The third-order valence-corrected chi connectivity index (χ3v) is 6.38. The van der Waals surface area contributed by atoms with E-state index in [4.69, 9.17) is 21.0 Å². The number of guanidine groups is 1. The fourth-order valence-electron chi connectivity index (χ4n) is 4.21. The molecule has 1 aliphatic heterocycles. The summed E-state index contributed by atoms with van der Waals surface area (Å²) >= 11 is 6.51. The Morgan fingerprint density at radius 1 is 1.16 bits per heavy atom. The highest BCUT2D eigenvalue weighted by molar-refractivity contribution is 6.31. The number of para-hydroxylation sites is 1. The number of aromatic carboxylic acids is 1. The van der Waals surface area contributed by atoms with Gasteiger partial charge in [0.05, 0.1) is 11.1 Å². The molecular formula is C27H23ClN6O4. The first kappa shape index (κ1) is 25.0. The number of rotatable bonds is 6. The first-order valence-corrected chi connectivity index (χ1v) is 12.2. The van der Waals surface area contributed by atoms with Gasteiger partial charge in [-0.05, 0) is 43.2 Å². The third-order valence-electron chi connectivity index (χ3n) is 6.04. The molecule has 0 radical (unpaired) electrons. The first-order chi connectivity index (χ1) is 18.3. The minimum Gasteiger partial charge on any atom is -0.478 e. The Labute approximate surface area is 222 Å². The van der Waals surface area contributed by atoms with E-state index in [-0.39, 0.29) is 23.0 Å². The Kier molecular flexibility index (Phi) is 6.80.